The van der Waals surface area contributed by atoms with Crippen LogP contribution in [0.3, 0.4) is 0 Å². The van der Waals surface area contributed by atoms with Gasteiger partial charge < -0.3 is 14.9 Å². The Morgan fingerprint density at radius 1 is 1.33 bits per heavy atom. The van der Waals surface area contributed by atoms with Gasteiger partial charge >= 0.3 is 5.97 Å². The summed E-state index contributed by atoms with van der Waals surface area (Å²) in [4.78, 5) is 28.0. The lowest BCUT2D eigenvalue weighted by molar-refractivity contribution is -0.136. The third-order valence-corrected chi connectivity index (χ3v) is 4.53. The molecule has 8 heteroatoms. The molecule has 0 spiro atoms. The number of rotatable bonds is 5. The highest BCUT2D eigenvalue weighted by Crippen LogP contribution is 2.40. The van der Waals surface area contributed by atoms with Crippen molar-refractivity contribution in [2.45, 2.75) is 32.1 Å². The molecule has 27 heavy (non-hydrogen) atoms. The highest BCUT2D eigenvalue weighted by atomic mass is 19.1. The number of benzene rings is 1. The monoisotopic (exact) mass is 369 g/mol. The maximum atomic E-state index is 14.1. The number of anilines is 1. The van der Waals surface area contributed by atoms with E-state index in [1.165, 1.54) is 12.1 Å². The van der Waals surface area contributed by atoms with Crippen molar-refractivity contribution in [3.05, 3.63) is 52.6 Å². The van der Waals surface area contributed by atoms with Crippen LogP contribution in [0.2, 0.25) is 0 Å². The predicted octanol–water partition coefficient (Wildman–Crippen LogP) is 3.43. The van der Waals surface area contributed by atoms with E-state index in [9.17, 15) is 14.0 Å². The number of fused-ring (bicyclic) bond motifs is 1. The van der Waals surface area contributed by atoms with Crippen molar-refractivity contribution in [3.63, 3.8) is 0 Å². The minimum atomic E-state index is -1.12. The smallest absolute Gasteiger partial charge is 0.307 e. The molecule has 3 aromatic rings. The number of aromatic nitrogens is 2. The predicted molar refractivity (Wildman–Crippen MR) is 94.2 cm³/mol. The van der Waals surface area contributed by atoms with Crippen LogP contribution in [0.15, 0.2) is 28.8 Å². The van der Waals surface area contributed by atoms with Crippen molar-refractivity contribution in [3.8, 4) is 0 Å². The largest absolute Gasteiger partial charge is 0.481 e. The number of aliphatic carboxylic acids is 1. The van der Waals surface area contributed by atoms with Gasteiger partial charge in [0.1, 0.15) is 5.82 Å². The zero-order chi connectivity index (χ0) is 19.1. The maximum absolute atomic E-state index is 14.1. The number of nitrogens with one attached hydrogen (secondary N) is 1. The number of aryl methyl sites for hydroxylation is 1. The topological polar surface area (TPSA) is 105 Å². The Kier molecular flexibility index (Phi) is 4.10. The van der Waals surface area contributed by atoms with Gasteiger partial charge in [-0.3, -0.25) is 9.59 Å². The third kappa shape index (κ3) is 3.38. The van der Waals surface area contributed by atoms with Gasteiger partial charge in [-0.25, -0.2) is 9.37 Å². The maximum Gasteiger partial charge on any atom is 0.307 e. The Morgan fingerprint density at radius 3 is 2.78 bits per heavy atom. The molecule has 0 atom stereocenters. The number of amides is 1. The molecular formula is C19H16FN3O4. The average molecular weight is 369 g/mol. The molecule has 1 saturated carbocycles. The Bertz CT molecular complexity index is 1070. The molecule has 0 unspecified atom stereocenters. The second-order valence-corrected chi connectivity index (χ2v) is 6.65. The van der Waals surface area contributed by atoms with Crippen molar-refractivity contribution in [1.29, 1.82) is 0 Å². The summed E-state index contributed by atoms with van der Waals surface area (Å²) < 4.78 is 19.3. The van der Waals surface area contributed by atoms with Gasteiger partial charge in [0.25, 0.3) is 11.6 Å². The fourth-order valence-electron chi connectivity index (χ4n) is 3.01. The second kappa shape index (κ2) is 6.46. The van der Waals surface area contributed by atoms with E-state index < -0.39 is 24.1 Å². The van der Waals surface area contributed by atoms with Gasteiger partial charge in [0.05, 0.1) is 23.1 Å². The summed E-state index contributed by atoms with van der Waals surface area (Å²) >= 11 is 0. The van der Waals surface area contributed by atoms with Crippen molar-refractivity contribution in [2.24, 2.45) is 0 Å². The number of hydrogen-bond acceptors (Lipinski definition) is 5. The number of hydrogen-bond donors (Lipinski definition) is 2. The van der Waals surface area contributed by atoms with Gasteiger partial charge in [0.15, 0.2) is 0 Å². The minimum absolute atomic E-state index is 0.0534. The van der Waals surface area contributed by atoms with Crippen molar-refractivity contribution in [1.82, 2.24) is 10.1 Å². The molecule has 2 heterocycles. The van der Waals surface area contributed by atoms with Crippen LogP contribution in [0, 0.1) is 12.7 Å². The number of carbonyl (C=O) groups is 2. The molecule has 0 bridgehead atoms. The molecule has 4 rings (SSSR count). The van der Waals surface area contributed by atoms with E-state index in [-0.39, 0.29) is 11.3 Å². The number of carboxylic acid groups (broad SMARTS) is 1. The number of carbonyl (C=O) groups excluding carboxylic acids is 1. The lowest BCUT2D eigenvalue weighted by atomic mass is 10.1. The number of halogens is 1. The van der Waals surface area contributed by atoms with Crippen LogP contribution in [0.1, 0.15) is 46.1 Å². The Morgan fingerprint density at radius 2 is 2.11 bits per heavy atom. The normalized spacial score (nSPS) is 13.7. The molecule has 0 radical (unpaired) electrons. The average Bonchev–Trinajstić information content (AvgIpc) is 3.40. The molecule has 2 aromatic heterocycles. The molecule has 1 fully saturated rings. The zero-order valence-corrected chi connectivity index (χ0v) is 14.5. The van der Waals surface area contributed by atoms with Gasteiger partial charge in [0.2, 0.25) is 0 Å². The Balaban J connectivity index is 1.66. The number of carboxylic acids is 1. The summed E-state index contributed by atoms with van der Waals surface area (Å²) in [6.07, 6.45) is 1.61. The molecule has 1 amide bonds. The van der Waals surface area contributed by atoms with Gasteiger partial charge in [-0.15, -0.1) is 0 Å². The van der Waals surface area contributed by atoms with Crippen molar-refractivity contribution in [2.75, 3.05) is 5.32 Å². The first kappa shape index (κ1) is 17.1. The van der Waals surface area contributed by atoms with Crippen LogP contribution in [0.4, 0.5) is 10.1 Å². The van der Waals surface area contributed by atoms with Crippen LogP contribution in [-0.4, -0.2) is 27.1 Å². The quantitative estimate of drug-likeness (QED) is 0.714. The van der Waals surface area contributed by atoms with E-state index >= 15 is 0 Å². The summed E-state index contributed by atoms with van der Waals surface area (Å²) in [7, 11) is 0. The Labute approximate surface area is 153 Å². The minimum Gasteiger partial charge on any atom is -0.481 e. The summed E-state index contributed by atoms with van der Waals surface area (Å²) in [6.45, 7) is 1.72. The molecule has 0 saturated heterocycles. The molecule has 1 aliphatic rings. The summed E-state index contributed by atoms with van der Waals surface area (Å²) in [6, 6.07) is 5.66. The Hall–Kier alpha value is -3.29. The fourth-order valence-corrected chi connectivity index (χ4v) is 3.01. The van der Waals surface area contributed by atoms with E-state index in [1.807, 2.05) is 0 Å². The van der Waals surface area contributed by atoms with Crippen LogP contribution < -0.4 is 5.32 Å². The van der Waals surface area contributed by atoms with Gasteiger partial charge in [-0.1, -0.05) is 11.2 Å². The highest BCUT2D eigenvalue weighted by molar-refractivity contribution is 6.12. The second-order valence-electron chi connectivity index (χ2n) is 6.65. The first-order valence-electron chi connectivity index (χ1n) is 8.51. The van der Waals surface area contributed by atoms with E-state index in [1.54, 1.807) is 13.0 Å². The van der Waals surface area contributed by atoms with Crippen molar-refractivity contribution >= 4 is 28.7 Å². The highest BCUT2D eigenvalue weighted by Gasteiger charge is 2.28. The third-order valence-electron chi connectivity index (χ3n) is 4.53. The standard InChI is InChI=1S/C19H16FN3O4/c1-9-17-13(8-15(10-2-3-10)22-19(17)27-23-9)18(26)21-12-5-4-11(6-16(24)25)14(20)7-12/h4-5,7-8,10H,2-3,6H2,1H3,(H,21,26)(H,24,25). The summed E-state index contributed by atoms with van der Waals surface area (Å²) in [5.74, 6) is -1.92. The zero-order valence-electron chi connectivity index (χ0n) is 14.5. The molecule has 7 nitrogen and oxygen atoms in total. The summed E-state index contributed by atoms with van der Waals surface area (Å²) in [5, 5.41) is 15.8. The number of nitrogens with zero attached hydrogens (tertiary/aromatic N) is 2. The SMILES string of the molecule is Cc1noc2nc(C3CC3)cc(C(=O)Nc3ccc(CC(=O)O)c(F)c3)c12. The van der Waals surface area contributed by atoms with Crippen LogP contribution in [0.25, 0.3) is 11.1 Å². The van der Waals surface area contributed by atoms with E-state index in [0.29, 0.717) is 28.3 Å². The molecule has 1 aromatic carbocycles. The molecular weight excluding hydrogens is 353 g/mol. The van der Waals surface area contributed by atoms with E-state index in [2.05, 4.69) is 15.5 Å². The lowest BCUT2D eigenvalue weighted by Gasteiger charge is -2.09. The van der Waals surface area contributed by atoms with Crippen LogP contribution in [0.5, 0.6) is 0 Å². The first-order chi connectivity index (χ1) is 12.9. The van der Waals surface area contributed by atoms with E-state index in [4.69, 9.17) is 9.63 Å². The molecule has 1 aliphatic carbocycles. The van der Waals surface area contributed by atoms with Gasteiger partial charge in [0, 0.05) is 17.3 Å². The molecule has 2 N–H and O–H groups in total. The molecule has 138 valence electrons. The van der Waals surface area contributed by atoms with E-state index in [0.717, 1.165) is 24.6 Å². The van der Waals surface area contributed by atoms with Crippen LogP contribution in [-0.2, 0) is 11.2 Å². The van der Waals surface area contributed by atoms with Gasteiger partial charge in [-0.2, -0.15) is 0 Å². The van der Waals surface area contributed by atoms with Crippen molar-refractivity contribution < 1.29 is 23.6 Å². The number of pyridine rings is 1. The summed E-state index contributed by atoms with van der Waals surface area (Å²) in [5.41, 5.74) is 2.30. The molecule has 0 aliphatic heterocycles. The van der Waals surface area contributed by atoms with Gasteiger partial charge in [-0.05, 0) is 43.5 Å². The fraction of sp³-hybridized carbons (Fsp3) is 0.263. The lowest BCUT2D eigenvalue weighted by Crippen LogP contribution is -2.14. The van der Waals surface area contributed by atoms with Crippen LogP contribution >= 0.6 is 0 Å². The first-order valence-corrected chi connectivity index (χ1v) is 8.51.